The Morgan fingerprint density at radius 2 is 1.63 bits per heavy atom. The molecule has 0 aromatic rings. The molecule has 2 fully saturated rings. The summed E-state index contributed by atoms with van der Waals surface area (Å²) >= 11 is 0. The van der Waals surface area contributed by atoms with Gasteiger partial charge in [0, 0.05) is 6.04 Å². The Labute approximate surface area is 120 Å². The number of rotatable bonds is 6. The second kappa shape index (κ2) is 7.67. The third-order valence-electron chi connectivity index (χ3n) is 5.77. The molecule has 0 aromatic carbocycles. The summed E-state index contributed by atoms with van der Waals surface area (Å²) in [4.78, 5) is 0. The van der Waals surface area contributed by atoms with Gasteiger partial charge in [0.15, 0.2) is 0 Å². The molecule has 0 amide bonds. The molecule has 1 atom stereocenters. The molecular formula is C18H35N. The molecule has 2 aliphatic rings. The highest BCUT2D eigenvalue weighted by Gasteiger charge is 2.36. The van der Waals surface area contributed by atoms with Crippen molar-refractivity contribution in [1.29, 1.82) is 0 Å². The molecule has 112 valence electrons. The minimum Gasteiger partial charge on any atom is -0.313 e. The average molecular weight is 265 g/mol. The van der Waals surface area contributed by atoms with Crippen LogP contribution in [0.2, 0.25) is 0 Å². The van der Waals surface area contributed by atoms with Gasteiger partial charge in [0.25, 0.3) is 0 Å². The first kappa shape index (κ1) is 15.4. The van der Waals surface area contributed by atoms with E-state index in [9.17, 15) is 0 Å². The van der Waals surface area contributed by atoms with E-state index >= 15 is 0 Å². The molecule has 0 heterocycles. The van der Waals surface area contributed by atoms with Gasteiger partial charge in [0.1, 0.15) is 0 Å². The lowest BCUT2D eigenvalue weighted by atomic mass is 9.67. The number of hydrogen-bond acceptors (Lipinski definition) is 1. The summed E-state index contributed by atoms with van der Waals surface area (Å²) in [5.41, 5.74) is 0.588. The molecule has 1 unspecified atom stereocenters. The van der Waals surface area contributed by atoms with Crippen molar-refractivity contribution in [2.24, 2.45) is 11.3 Å². The van der Waals surface area contributed by atoms with E-state index in [-0.39, 0.29) is 0 Å². The van der Waals surface area contributed by atoms with Crippen molar-refractivity contribution >= 4 is 0 Å². The Morgan fingerprint density at radius 1 is 1.00 bits per heavy atom. The van der Waals surface area contributed by atoms with E-state index in [1.165, 1.54) is 83.6 Å². The first-order valence-corrected chi connectivity index (χ1v) is 8.98. The lowest BCUT2D eigenvalue weighted by Crippen LogP contribution is -2.46. The fourth-order valence-corrected chi connectivity index (χ4v) is 4.40. The fraction of sp³-hybridized carbons (Fsp3) is 1.00. The number of nitrogens with one attached hydrogen (secondary N) is 1. The van der Waals surface area contributed by atoms with Crippen molar-refractivity contribution in [3.8, 4) is 0 Å². The zero-order valence-corrected chi connectivity index (χ0v) is 13.3. The summed E-state index contributed by atoms with van der Waals surface area (Å²) in [6.07, 6.45) is 17.5. The Bertz CT molecular complexity index is 236. The Balaban J connectivity index is 1.93. The van der Waals surface area contributed by atoms with Crippen LogP contribution >= 0.6 is 0 Å². The molecule has 2 rings (SSSR count). The first-order chi connectivity index (χ1) is 9.24. The predicted molar refractivity (Wildman–Crippen MR) is 84.5 cm³/mol. The Hall–Kier alpha value is -0.0400. The maximum atomic E-state index is 3.93. The smallest absolute Gasteiger partial charge is 0.0123 e. The number of hydrogen-bond donors (Lipinski definition) is 1. The second-order valence-corrected chi connectivity index (χ2v) is 7.46. The lowest BCUT2D eigenvalue weighted by molar-refractivity contribution is 0.117. The van der Waals surface area contributed by atoms with Gasteiger partial charge in [-0.2, -0.15) is 0 Å². The van der Waals surface area contributed by atoms with Crippen LogP contribution in [-0.2, 0) is 0 Å². The largest absolute Gasteiger partial charge is 0.313 e. The Kier molecular flexibility index (Phi) is 6.19. The standard InChI is InChI=1S/C18H35N/c1-3-14-19-17(15-16-10-6-4-7-11-16)18(2)12-8-5-9-13-18/h16-17,19H,3-15H2,1-2H3. The van der Waals surface area contributed by atoms with Gasteiger partial charge in [-0.25, -0.2) is 0 Å². The third kappa shape index (κ3) is 4.48. The summed E-state index contributed by atoms with van der Waals surface area (Å²) in [6.45, 7) is 6.09. The van der Waals surface area contributed by atoms with E-state index in [2.05, 4.69) is 19.2 Å². The monoisotopic (exact) mass is 265 g/mol. The molecule has 0 aliphatic heterocycles. The molecule has 1 N–H and O–H groups in total. The minimum absolute atomic E-state index is 0.588. The molecule has 0 spiro atoms. The minimum atomic E-state index is 0.588. The van der Waals surface area contributed by atoms with Gasteiger partial charge in [0.2, 0.25) is 0 Å². The normalized spacial score (nSPS) is 26.2. The highest BCUT2D eigenvalue weighted by atomic mass is 14.9. The van der Waals surface area contributed by atoms with E-state index < -0.39 is 0 Å². The van der Waals surface area contributed by atoms with Crippen LogP contribution in [0.3, 0.4) is 0 Å². The molecule has 1 heteroatoms. The molecular weight excluding hydrogens is 230 g/mol. The third-order valence-corrected chi connectivity index (χ3v) is 5.77. The van der Waals surface area contributed by atoms with Gasteiger partial charge < -0.3 is 5.32 Å². The molecule has 1 nitrogen and oxygen atoms in total. The summed E-state index contributed by atoms with van der Waals surface area (Å²) in [6, 6.07) is 0.788. The summed E-state index contributed by atoms with van der Waals surface area (Å²) in [5.74, 6) is 1.02. The highest BCUT2D eigenvalue weighted by molar-refractivity contribution is 4.91. The molecule has 0 radical (unpaired) electrons. The maximum Gasteiger partial charge on any atom is 0.0123 e. The van der Waals surface area contributed by atoms with Gasteiger partial charge in [0.05, 0.1) is 0 Å². The van der Waals surface area contributed by atoms with Gasteiger partial charge >= 0.3 is 0 Å². The van der Waals surface area contributed by atoms with Crippen molar-refractivity contribution in [1.82, 2.24) is 5.32 Å². The van der Waals surface area contributed by atoms with Crippen molar-refractivity contribution in [2.45, 2.75) is 96.9 Å². The van der Waals surface area contributed by atoms with Crippen molar-refractivity contribution in [3.05, 3.63) is 0 Å². The van der Waals surface area contributed by atoms with Crippen LogP contribution in [0.25, 0.3) is 0 Å². The van der Waals surface area contributed by atoms with Gasteiger partial charge in [-0.1, -0.05) is 65.2 Å². The molecule has 0 bridgehead atoms. The molecule has 19 heavy (non-hydrogen) atoms. The van der Waals surface area contributed by atoms with Crippen molar-refractivity contribution in [2.75, 3.05) is 6.54 Å². The van der Waals surface area contributed by atoms with Crippen LogP contribution in [-0.4, -0.2) is 12.6 Å². The quantitative estimate of drug-likeness (QED) is 0.687. The summed E-state index contributed by atoms with van der Waals surface area (Å²) in [5, 5.41) is 3.93. The predicted octanol–water partition coefficient (Wildman–Crippen LogP) is 5.30. The SMILES string of the molecule is CCCNC(CC1CCCCC1)C1(C)CCCCC1. The average Bonchev–Trinajstić information content (AvgIpc) is 2.45. The van der Waals surface area contributed by atoms with Crippen LogP contribution in [0.15, 0.2) is 0 Å². The van der Waals surface area contributed by atoms with E-state index in [4.69, 9.17) is 0 Å². The van der Waals surface area contributed by atoms with Crippen LogP contribution in [0, 0.1) is 11.3 Å². The maximum absolute atomic E-state index is 3.93. The van der Waals surface area contributed by atoms with E-state index in [1.807, 2.05) is 0 Å². The lowest BCUT2D eigenvalue weighted by Gasteiger charge is -2.43. The van der Waals surface area contributed by atoms with E-state index in [0.717, 1.165) is 12.0 Å². The van der Waals surface area contributed by atoms with Crippen LogP contribution in [0.1, 0.15) is 90.9 Å². The van der Waals surface area contributed by atoms with E-state index in [1.54, 1.807) is 0 Å². The fourth-order valence-electron chi connectivity index (χ4n) is 4.40. The topological polar surface area (TPSA) is 12.0 Å². The zero-order valence-electron chi connectivity index (χ0n) is 13.3. The van der Waals surface area contributed by atoms with E-state index in [0.29, 0.717) is 5.41 Å². The van der Waals surface area contributed by atoms with Gasteiger partial charge in [-0.3, -0.25) is 0 Å². The molecule has 0 aromatic heterocycles. The highest BCUT2D eigenvalue weighted by Crippen LogP contribution is 2.42. The molecule has 0 saturated heterocycles. The van der Waals surface area contributed by atoms with Crippen LogP contribution in [0.4, 0.5) is 0 Å². The zero-order chi connectivity index (χ0) is 13.6. The Morgan fingerprint density at radius 3 is 2.26 bits per heavy atom. The second-order valence-electron chi connectivity index (χ2n) is 7.46. The summed E-state index contributed by atoms with van der Waals surface area (Å²) < 4.78 is 0. The van der Waals surface area contributed by atoms with Gasteiger partial charge in [-0.15, -0.1) is 0 Å². The van der Waals surface area contributed by atoms with Crippen molar-refractivity contribution < 1.29 is 0 Å². The summed E-state index contributed by atoms with van der Waals surface area (Å²) in [7, 11) is 0. The van der Waals surface area contributed by atoms with Gasteiger partial charge in [-0.05, 0) is 43.6 Å². The first-order valence-electron chi connectivity index (χ1n) is 8.98. The van der Waals surface area contributed by atoms with Crippen molar-refractivity contribution in [3.63, 3.8) is 0 Å². The van der Waals surface area contributed by atoms with Crippen LogP contribution < -0.4 is 5.32 Å². The van der Waals surface area contributed by atoms with Crippen LogP contribution in [0.5, 0.6) is 0 Å². The molecule has 2 saturated carbocycles. The molecule has 2 aliphatic carbocycles.